The number of carbonyl (C=O) groups excluding carboxylic acids is 1. The lowest BCUT2D eigenvalue weighted by Crippen LogP contribution is -2.40. The van der Waals surface area contributed by atoms with Gasteiger partial charge in [0.15, 0.2) is 22.5 Å². The van der Waals surface area contributed by atoms with E-state index in [0.717, 1.165) is 41.4 Å². The summed E-state index contributed by atoms with van der Waals surface area (Å²) in [5.41, 5.74) is 4.58. The highest BCUT2D eigenvalue weighted by molar-refractivity contribution is 8.00. The first kappa shape index (κ1) is 22.7. The fraction of sp³-hybridized carbons (Fsp3) is 0.250. The van der Waals surface area contributed by atoms with Gasteiger partial charge >= 0.3 is 0 Å². The molecule has 1 unspecified atom stereocenters. The minimum absolute atomic E-state index is 0.119. The molecule has 0 fully saturated rings. The fourth-order valence-electron chi connectivity index (χ4n) is 4.69. The summed E-state index contributed by atoms with van der Waals surface area (Å²) >= 11 is 1.46. The van der Waals surface area contributed by atoms with Gasteiger partial charge in [0.1, 0.15) is 0 Å². The van der Waals surface area contributed by atoms with Crippen LogP contribution in [-0.4, -0.2) is 44.2 Å². The second-order valence-corrected chi connectivity index (χ2v) is 10.3. The van der Waals surface area contributed by atoms with Gasteiger partial charge in [0.05, 0.1) is 11.8 Å². The van der Waals surface area contributed by atoms with Crippen molar-refractivity contribution >= 4 is 17.7 Å². The molecule has 1 amide bonds. The summed E-state index contributed by atoms with van der Waals surface area (Å²) in [6.07, 6.45) is 0.887. The van der Waals surface area contributed by atoms with E-state index >= 15 is 0 Å². The van der Waals surface area contributed by atoms with Crippen molar-refractivity contribution in [2.24, 2.45) is 0 Å². The minimum atomic E-state index is -0.293. The van der Waals surface area contributed by atoms with Crippen LogP contribution in [0.2, 0.25) is 0 Å². The Balaban J connectivity index is 1.26. The number of fused-ring (bicyclic) bond motifs is 2. The summed E-state index contributed by atoms with van der Waals surface area (Å²) < 4.78 is 13.1. The second kappa shape index (κ2) is 9.70. The number of ether oxygens (including phenoxy) is 2. The third-order valence-corrected chi connectivity index (χ3v) is 7.67. The van der Waals surface area contributed by atoms with Crippen molar-refractivity contribution in [3.63, 3.8) is 0 Å². The van der Waals surface area contributed by atoms with Gasteiger partial charge in [-0.25, -0.2) is 0 Å². The Hall–Kier alpha value is -3.78. The molecule has 36 heavy (non-hydrogen) atoms. The van der Waals surface area contributed by atoms with Crippen LogP contribution in [0.15, 0.2) is 78.0 Å². The maximum Gasteiger partial charge on any atom is 0.236 e. The lowest BCUT2D eigenvalue weighted by molar-refractivity contribution is -0.131. The van der Waals surface area contributed by atoms with Crippen molar-refractivity contribution in [1.82, 2.24) is 19.7 Å². The monoisotopic (exact) mass is 498 g/mol. The number of hydrogen-bond acceptors (Lipinski definition) is 6. The zero-order chi connectivity index (χ0) is 24.5. The van der Waals surface area contributed by atoms with Crippen LogP contribution in [0.4, 0.5) is 0 Å². The van der Waals surface area contributed by atoms with Crippen LogP contribution in [-0.2, 0) is 24.3 Å². The van der Waals surface area contributed by atoms with E-state index in [1.54, 1.807) is 0 Å². The molecule has 0 aliphatic carbocycles. The predicted molar refractivity (Wildman–Crippen MR) is 138 cm³/mol. The number of rotatable bonds is 6. The number of nitrogens with zero attached hydrogens (tertiary/aromatic N) is 4. The molecule has 4 aromatic rings. The van der Waals surface area contributed by atoms with Gasteiger partial charge in [-0.15, -0.1) is 10.2 Å². The van der Waals surface area contributed by atoms with E-state index in [2.05, 4.69) is 33.0 Å². The zero-order valence-electron chi connectivity index (χ0n) is 20.0. The lowest BCUT2D eigenvalue weighted by Gasteiger charge is -2.30. The van der Waals surface area contributed by atoms with E-state index in [9.17, 15) is 4.79 Å². The van der Waals surface area contributed by atoms with Gasteiger partial charge in [-0.2, -0.15) is 0 Å². The molecule has 1 aromatic heterocycles. The summed E-state index contributed by atoms with van der Waals surface area (Å²) in [7, 11) is 0. The van der Waals surface area contributed by atoms with Gasteiger partial charge in [0, 0.05) is 18.7 Å². The van der Waals surface area contributed by atoms with Crippen molar-refractivity contribution in [2.75, 3.05) is 13.3 Å². The molecule has 8 heteroatoms. The van der Waals surface area contributed by atoms with Crippen molar-refractivity contribution in [1.29, 1.82) is 0 Å². The standard InChI is InChI=1S/C28H26N4O3S/c1-19(27(33)31-14-13-21-7-5-6-10-23(21)17-31)36-28-30-29-26(22-8-3-2-4-9-22)32(28)16-20-11-12-24-25(15-20)35-18-34-24/h2-12,15,19H,13-14,16-18H2,1H3. The van der Waals surface area contributed by atoms with E-state index in [0.29, 0.717) is 18.2 Å². The van der Waals surface area contributed by atoms with Crippen LogP contribution in [0.3, 0.4) is 0 Å². The molecule has 0 saturated carbocycles. The molecule has 0 spiro atoms. The topological polar surface area (TPSA) is 69.5 Å². The Morgan fingerprint density at radius 1 is 0.972 bits per heavy atom. The van der Waals surface area contributed by atoms with Crippen LogP contribution in [0, 0.1) is 0 Å². The Kier molecular flexibility index (Phi) is 6.11. The summed E-state index contributed by atoms with van der Waals surface area (Å²) in [6.45, 7) is 4.13. The van der Waals surface area contributed by atoms with Crippen LogP contribution in [0.1, 0.15) is 23.6 Å². The molecular formula is C28H26N4O3S. The highest BCUT2D eigenvalue weighted by Crippen LogP contribution is 2.34. The number of hydrogen-bond donors (Lipinski definition) is 0. The van der Waals surface area contributed by atoms with E-state index in [-0.39, 0.29) is 18.0 Å². The van der Waals surface area contributed by atoms with Gasteiger partial charge in [-0.1, -0.05) is 72.4 Å². The molecule has 0 bridgehead atoms. The molecule has 2 aliphatic rings. The minimum Gasteiger partial charge on any atom is -0.454 e. The van der Waals surface area contributed by atoms with Gasteiger partial charge in [-0.3, -0.25) is 9.36 Å². The van der Waals surface area contributed by atoms with Crippen molar-refractivity contribution < 1.29 is 14.3 Å². The van der Waals surface area contributed by atoms with Crippen molar-refractivity contribution in [3.05, 3.63) is 89.5 Å². The average Bonchev–Trinajstić information content (AvgIpc) is 3.55. The van der Waals surface area contributed by atoms with E-state index < -0.39 is 0 Å². The third-order valence-electron chi connectivity index (χ3n) is 6.60. The Labute approximate surface area is 214 Å². The van der Waals surface area contributed by atoms with Gasteiger partial charge in [0.2, 0.25) is 12.7 Å². The molecule has 6 rings (SSSR count). The number of benzene rings is 3. The number of aromatic nitrogens is 3. The predicted octanol–water partition coefficient (Wildman–Crippen LogP) is 4.79. The molecule has 0 saturated heterocycles. The number of amides is 1. The molecule has 2 aliphatic heterocycles. The number of thioether (sulfide) groups is 1. The lowest BCUT2D eigenvalue weighted by atomic mass is 10.00. The van der Waals surface area contributed by atoms with E-state index in [1.165, 1.54) is 22.9 Å². The van der Waals surface area contributed by atoms with E-state index in [4.69, 9.17) is 9.47 Å². The maximum absolute atomic E-state index is 13.4. The van der Waals surface area contributed by atoms with Crippen molar-refractivity contribution in [3.8, 4) is 22.9 Å². The Morgan fingerprint density at radius 3 is 2.61 bits per heavy atom. The summed E-state index contributed by atoms with van der Waals surface area (Å²) in [5.74, 6) is 2.38. The molecule has 182 valence electrons. The maximum atomic E-state index is 13.4. The van der Waals surface area contributed by atoms with Gasteiger partial charge in [-0.05, 0) is 42.2 Å². The first-order valence-corrected chi connectivity index (χ1v) is 12.9. The summed E-state index contributed by atoms with van der Waals surface area (Å²) in [4.78, 5) is 15.4. The van der Waals surface area contributed by atoms with Crippen LogP contribution >= 0.6 is 11.8 Å². The third kappa shape index (κ3) is 4.44. The molecule has 7 nitrogen and oxygen atoms in total. The van der Waals surface area contributed by atoms with Gasteiger partial charge < -0.3 is 14.4 Å². The van der Waals surface area contributed by atoms with Crippen molar-refractivity contribution in [2.45, 2.75) is 36.8 Å². The summed E-state index contributed by atoms with van der Waals surface area (Å²) in [5, 5.41) is 9.45. The SMILES string of the molecule is CC(Sc1nnc(-c2ccccc2)n1Cc1ccc2c(c1)OCO2)C(=O)N1CCc2ccccc2C1. The Morgan fingerprint density at radius 2 is 1.75 bits per heavy atom. The summed E-state index contributed by atoms with van der Waals surface area (Å²) in [6, 6.07) is 24.3. The molecule has 0 radical (unpaired) electrons. The molecule has 3 heterocycles. The first-order valence-electron chi connectivity index (χ1n) is 12.0. The quantitative estimate of drug-likeness (QED) is 0.356. The molecule has 1 atom stereocenters. The second-order valence-electron chi connectivity index (χ2n) is 8.98. The number of carbonyl (C=O) groups is 1. The average molecular weight is 499 g/mol. The highest BCUT2D eigenvalue weighted by atomic mass is 32.2. The van der Waals surface area contributed by atoms with Crippen LogP contribution < -0.4 is 9.47 Å². The molecular weight excluding hydrogens is 472 g/mol. The van der Waals surface area contributed by atoms with Crippen LogP contribution in [0.25, 0.3) is 11.4 Å². The fourth-order valence-corrected chi connectivity index (χ4v) is 5.62. The molecule has 0 N–H and O–H groups in total. The van der Waals surface area contributed by atoms with Gasteiger partial charge in [0.25, 0.3) is 0 Å². The van der Waals surface area contributed by atoms with E-state index in [1.807, 2.05) is 66.4 Å². The smallest absolute Gasteiger partial charge is 0.236 e. The largest absolute Gasteiger partial charge is 0.454 e. The Bertz CT molecular complexity index is 1410. The van der Waals surface area contributed by atoms with Crippen LogP contribution in [0.5, 0.6) is 11.5 Å². The highest BCUT2D eigenvalue weighted by Gasteiger charge is 2.27. The first-order chi connectivity index (χ1) is 17.7. The molecule has 3 aromatic carbocycles. The zero-order valence-corrected chi connectivity index (χ0v) is 20.8. The normalized spacial score (nSPS) is 15.0.